The average molecular weight is 367 g/mol. The van der Waals surface area contributed by atoms with Crippen molar-refractivity contribution in [1.82, 2.24) is 4.90 Å². The SMILES string of the molecule is O=C(Nc1cc(F)cc(F)c1)N1CCC(O)(c2ccc(Cl)cc2)CC1. The fourth-order valence-corrected chi connectivity index (χ4v) is 3.08. The van der Waals surface area contributed by atoms with Crippen molar-refractivity contribution in [2.45, 2.75) is 18.4 Å². The van der Waals surface area contributed by atoms with Crippen molar-refractivity contribution in [1.29, 1.82) is 0 Å². The molecule has 4 nitrogen and oxygen atoms in total. The van der Waals surface area contributed by atoms with Crippen LogP contribution in [0.1, 0.15) is 18.4 Å². The van der Waals surface area contributed by atoms with E-state index >= 15 is 0 Å². The molecular weight excluding hydrogens is 350 g/mol. The number of carbonyl (C=O) groups is 1. The first-order chi connectivity index (χ1) is 11.9. The molecule has 1 saturated heterocycles. The zero-order valence-corrected chi connectivity index (χ0v) is 14.1. The van der Waals surface area contributed by atoms with Crippen molar-refractivity contribution in [2.24, 2.45) is 0 Å². The van der Waals surface area contributed by atoms with E-state index < -0.39 is 23.3 Å². The minimum atomic E-state index is -1.02. The Balaban J connectivity index is 1.63. The Hall–Kier alpha value is -2.18. The van der Waals surface area contributed by atoms with Crippen molar-refractivity contribution < 1.29 is 18.7 Å². The summed E-state index contributed by atoms with van der Waals surface area (Å²) in [5.74, 6) is -1.52. The number of hydrogen-bond acceptors (Lipinski definition) is 2. The molecular formula is C18H17ClF2N2O2. The van der Waals surface area contributed by atoms with Crippen LogP contribution in [0.3, 0.4) is 0 Å². The molecule has 2 amide bonds. The van der Waals surface area contributed by atoms with Crippen molar-refractivity contribution in [2.75, 3.05) is 18.4 Å². The third-order valence-electron chi connectivity index (χ3n) is 4.37. The van der Waals surface area contributed by atoms with Gasteiger partial charge in [0.1, 0.15) is 11.6 Å². The molecule has 0 saturated carbocycles. The molecule has 1 aliphatic heterocycles. The van der Waals surface area contributed by atoms with Crippen LogP contribution in [-0.2, 0) is 5.60 Å². The van der Waals surface area contributed by atoms with Crippen molar-refractivity contribution >= 4 is 23.3 Å². The third-order valence-corrected chi connectivity index (χ3v) is 4.63. The molecule has 0 bridgehead atoms. The molecule has 2 aromatic carbocycles. The average Bonchev–Trinajstić information content (AvgIpc) is 2.55. The molecule has 7 heteroatoms. The van der Waals surface area contributed by atoms with Crippen LogP contribution >= 0.6 is 11.6 Å². The predicted octanol–water partition coefficient (Wildman–Crippen LogP) is 4.13. The number of likely N-dealkylation sites (tertiary alicyclic amines) is 1. The van der Waals surface area contributed by atoms with Crippen LogP contribution < -0.4 is 5.32 Å². The first kappa shape index (κ1) is 17.6. The van der Waals surface area contributed by atoms with Crippen LogP contribution in [0.15, 0.2) is 42.5 Å². The van der Waals surface area contributed by atoms with E-state index in [0.717, 1.165) is 23.8 Å². The first-order valence-corrected chi connectivity index (χ1v) is 8.24. The van der Waals surface area contributed by atoms with Gasteiger partial charge in [0.25, 0.3) is 0 Å². The molecule has 2 N–H and O–H groups in total. The number of urea groups is 1. The maximum atomic E-state index is 13.2. The highest BCUT2D eigenvalue weighted by Gasteiger charge is 2.35. The molecule has 25 heavy (non-hydrogen) atoms. The minimum absolute atomic E-state index is 0.0565. The van der Waals surface area contributed by atoms with E-state index in [0.29, 0.717) is 31.0 Å². The van der Waals surface area contributed by atoms with Gasteiger partial charge in [-0.05, 0) is 42.7 Å². The summed E-state index contributed by atoms with van der Waals surface area (Å²) in [6.45, 7) is 0.644. The third kappa shape index (κ3) is 4.08. The van der Waals surface area contributed by atoms with Crippen LogP contribution in [0, 0.1) is 11.6 Å². The number of rotatable bonds is 2. The van der Waals surface area contributed by atoms with Crippen LogP contribution in [0.25, 0.3) is 0 Å². The number of halogens is 3. The second-order valence-electron chi connectivity index (χ2n) is 6.11. The van der Waals surface area contributed by atoms with Gasteiger partial charge in [-0.25, -0.2) is 13.6 Å². The summed E-state index contributed by atoms with van der Waals surface area (Å²) in [5, 5.41) is 13.9. The molecule has 0 radical (unpaired) electrons. The maximum Gasteiger partial charge on any atom is 0.321 e. The van der Waals surface area contributed by atoms with E-state index in [2.05, 4.69) is 5.32 Å². The van der Waals surface area contributed by atoms with E-state index in [4.69, 9.17) is 11.6 Å². The number of nitrogens with one attached hydrogen (secondary N) is 1. The Kier molecular flexibility index (Phi) is 4.92. The summed E-state index contributed by atoms with van der Waals surface area (Å²) in [6, 6.07) is 9.36. The van der Waals surface area contributed by atoms with E-state index in [-0.39, 0.29) is 5.69 Å². The van der Waals surface area contributed by atoms with Crippen molar-refractivity contribution in [3.8, 4) is 0 Å². The van der Waals surface area contributed by atoms with E-state index in [1.165, 1.54) is 4.90 Å². The number of hydrogen-bond donors (Lipinski definition) is 2. The number of amides is 2. The number of benzene rings is 2. The van der Waals surface area contributed by atoms with E-state index in [9.17, 15) is 18.7 Å². The number of aliphatic hydroxyl groups is 1. The van der Waals surface area contributed by atoms with Gasteiger partial charge in [0, 0.05) is 29.9 Å². The van der Waals surface area contributed by atoms with Gasteiger partial charge in [0.2, 0.25) is 0 Å². The Morgan fingerprint density at radius 2 is 1.64 bits per heavy atom. The molecule has 2 aromatic rings. The molecule has 0 spiro atoms. The lowest BCUT2D eigenvalue weighted by molar-refractivity contribution is -0.0156. The van der Waals surface area contributed by atoms with Gasteiger partial charge in [-0.1, -0.05) is 23.7 Å². The summed E-state index contributed by atoms with van der Waals surface area (Å²) < 4.78 is 26.4. The molecule has 1 fully saturated rings. The number of anilines is 1. The summed E-state index contributed by atoms with van der Waals surface area (Å²) in [7, 11) is 0. The topological polar surface area (TPSA) is 52.6 Å². The Labute approximate surface area is 149 Å². The zero-order chi connectivity index (χ0) is 18.0. The van der Waals surface area contributed by atoms with E-state index in [1.54, 1.807) is 24.3 Å². The van der Waals surface area contributed by atoms with Gasteiger partial charge in [-0.2, -0.15) is 0 Å². The molecule has 132 valence electrons. The molecule has 3 rings (SSSR count). The Morgan fingerprint density at radius 3 is 2.20 bits per heavy atom. The van der Waals surface area contributed by atoms with Gasteiger partial charge >= 0.3 is 6.03 Å². The second kappa shape index (κ2) is 6.98. The van der Waals surface area contributed by atoms with Crippen molar-refractivity contribution in [3.63, 3.8) is 0 Å². The van der Waals surface area contributed by atoms with Gasteiger partial charge in [-0.15, -0.1) is 0 Å². The Morgan fingerprint density at radius 1 is 1.08 bits per heavy atom. The fourth-order valence-electron chi connectivity index (χ4n) is 2.96. The lowest BCUT2D eigenvalue weighted by atomic mass is 9.84. The fraction of sp³-hybridized carbons (Fsp3) is 0.278. The summed E-state index contributed by atoms with van der Waals surface area (Å²) in [5.41, 5.74) is -0.211. The smallest absolute Gasteiger partial charge is 0.321 e. The van der Waals surface area contributed by atoms with Crippen LogP contribution in [-0.4, -0.2) is 29.1 Å². The summed E-state index contributed by atoms with van der Waals surface area (Å²) in [6.07, 6.45) is 0.721. The number of nitrogens with zero attached hydrogens (tertiary/aromatic N) is 1. The molecule has 0 aliphatic carbocycles. The van der Waals surface area contributed by atoms with Crippen LogP contribution in [0.4, 0.5) is 19.3 Å². The first-order valence-electron chi connectivity index (χ1n) is 7.86. The lowest BCUT2D eigenvalue weighted by Gasteiger charge is -2.38. The highest BCUT2D eigenvalue weighted by atomic mass is 35.5. The molecule has 1 aliphatic rings. The Bertz CT molecular complexity index is 755. The predicted molar refractivity (Wildman–Crippen MR) is 91.5 cm³/mol. The van der Waals surface area contributed by atoms with Gasteiger partial charge in [0.15, 0.2) is 0 Å². The summed E-state index contributed by atoms with van der Waals surface area (Å²) >= 11 is 5.86. The number of piperidine rings is 1. The summed E-state index contributed by atoms with van der Waals surface area (Å²) in [4.78, 5) is 13.8. The molecule has 0 atom stereocenters. The van der Waals surface area contributed by atoms with Crippen LogP contribution in [0.2, 0.25) is 5.02 Å². The monoisotopic (exact) mass is 366 g/mol. The van der Waals surface area contributed by atoms with Gasteiger partial charge < -0.3 is 15.3 Å². The standard InChI is InChI=1S/C18H17ClF2N2O2/c19-13-3-1-12(2-4-13)18(25)5-7-23(8-6-18)17(24)22-16-10-14(20)9-15(21)11-16/h1-4,9-11,25H,5-8H2,(H,22,24). The largest absolute Gasteiger partial charge is 0.385 e. The second-order valence-corrected chi connectivity index (χ2v) is 6.55. The van der Waals surface area contributed by atoms with Crippen molar-refractivity contribution in [3.05, 3.63) is 64.7 Å². The number of carbonyl (C=O) groups excluding carboxylic acids is 1. The van der Waals surface area contributed by atoms with Crippen LogP contribution in [0.5, 0.6) is 0 Å². The van der Waals surface area contributed by atoms with E-state index in [1.807, 2.05) is 0 Å². The lowest BCUT2D eigenvalue weighted by Crippen LogP contribution is -2.46. The highest BCUT2D eigenvalue weighted by Crippen LogP contribution is 2.33. The normalized spacial score (nSPS) is 16.6. The van der Waals surface area contributed by atoms with Gasteiger partial charge in [-0.3, -0.25) is 0 Å². The molecule has 0 aromatic heterocycles. The molecule has 0 unspecified atom stereocenters. The van der Waals surface area contributed by atoms with Gasteiger partial charge in [0.05, 0.1) is 5.60 Å². The highest BCUT2D eigenvalue weighted by molar-refractivity contribution is 6.30. The minimum Gasteiger partial charge on any atom is -0.385 e. The molecule has 1 heterocycles. The zero-order valence-electron chi connectivity index (χ0n) is 13.3. The maximum absolute atomic E-state index is 13.2. The quantitative estimate of drug-likeness (QED) is 0.839.